The molecule has 0 fully saturated rings. The average Bonchev–Trinajstić information content (AvgIpc) is 2.54. The molecule has 21 heavy (non-hydrogen) atoms. The highest BCUT2D eigenvalue weighted by Crippen LogP contribution is 2.32. The third-order valence-corrected chi connectivity index (χ3v) is 3.31. The van der Waals surface area contributed by atoms with E-state index in [1.165, 1.54) is 0 Å². The minimum Gasteiger partial charge on any atom is -0.497 e. The molecule has 1 aromatic carbocycles. The monoisotopic (exact) mass is 287 g/mol. The molecule has 1 heterocycles. The Bertz CT molecular complexity index is 592. The molecule has 0 aliphatic carbocycles. The summed E-state index contributed by atoms with van der Waals surface area (Å²) in [6, 6.07) is 5.77. The molecule has 0 unspecified atom stereocenters. The van der Waals surface area contributed by atoms with Crippen LogP contribution in [0.3, 0.4) is 0 Å². The van der Waals surface area contributed by atoms with Gasteiger partial charge in [0.25, 0.3) is 0 Å². The first kappa shape index (κ1) is 15.1. The summed E-state index contributed by atoms with van der Waals surface area (Å²) in [5, 5.41) is 3.13. The fourth-order valence-corrected chi connectivity index (χ4v) is 2.31. The molecule has 2 rings (SSSR count). The largest absolute Gasteiger partial charge is 0.497 e. The van der Waals surface area contributed by atoms with Gasteiger partial charge in [-0.2, -0.15) is 0 Å². The maximum atomic E-state index is 5.34. The predicted octanol–water partition coefficient (Wildman–Crippen LogP) is 3.16. The SMILES string of the molecule is CCCc1c(NC)ncnc1-c1cc(OC)cc(OC)c1. The Balaban J connectivity index is 2.60. The van der Waals surface area contributed by atoms with Gasteiger partial charge in [-0.25, -0.2) is 9.97 Å². The maximum absolute atomic E-state index is 5.34. The summed E-state index contributed by atoms with van der Waals surface area (Å²) in [6.07, 6.45) is 3.51. The molecule has 0 atom stereocenters. The van der Waals surface area contributed by atoms with Crippen molar-refractivity contribution in [3.8, 4) is 22.8 Å². The van der Waals surface area contributed by atoms with Crippen LogP contribution < -0.4 is 14.8 Å². The first-order valence-corrected chi connectivity index (χ1v) is 6.98. The average molecular weight is 287 g/mol. The van der Waals surface area contributed by atoms with E-state index in [1.54, 1.807) is 20.5 Å². The van der Waals surface area contributed by atoms with Crippen LogP contribution in [0.25, 0.3) is 11.3 Å². The number of rotatable bonds is 6. The molecule has 0 spiro atoms. The zero-order chi connectivity index (χ0) is 15.2. The molecular weight excluding hydrogens is 266 g/mol. The Morgan fingerprint density at radius 2 is 1.71 bits per heavy atom. The topological polar surface area (TPSA) is 56.3 Å². The van der Waals surface area contributed by atoms with Gasteiger partial charge in [-0.1, -0.05) is 13.3 Å². The van der Waals surface area contributed by atoms with Crippen molar-refractivity contribution in [2.45, 2.75) is 19.8 Å². The highest BCUT2D eigenvalue weighted by atomic mass is 16.5. The Hall–Kier alpha value is -2.30. The van der Waals surface area contributed by atoms with Crippen molar-refractivity contribution < 1.29 is 9.47 Å². The fraction of sp³-hybridized carbons (Fsp3) is 0.375. The molecule has 5 nitrogen and oxygen atoms in total. The van der Waals surface area contributed by atoms with E-state index in [9.17, 15) is 0 Å². The first-order chi connectivity index (χ1) is 10.2. The van der Waals surface area contributed by atoms with Gasteiger partial charge in [0.2, 0.25) is 0 Å². The zero-order valence-corrected chi connectivity index (χ0v) is 12.9. The van der Waals surface area contributed by atoms with Crippen LogP contribution in [0.5, 0.6) is 11.5 Å². The van der Waals surface area contributed by atoms with Crippen LogP contribution in [0.15, 0.2) is 24.5 Å². The Labute approximate surface area is 125 Å². The first-order valence-electron chi connectivity index (χ1n) is 6.98. The Kier molecular flexibility index (Phi) is 4.98. The lowest BCUT2D eigenvalue weighted by Gasteiger charge is -2.14. The van der Waals surface area contributed by atoms with E-state index in [4.69, 9.17) is 9.47 Å². The quantitative estimate of drug-likeness (QED) is 0.884. The minimum atomic E-state index is 0.747. The molecule has 5 heteroatoms. The van der Waals surface area contributed by atoms with E-state index in [-0.39, 0.29) is 0 Å². The second-order valence-electron chi connectivity index (χ2n) is 4.65. The van der Waals surface area contributed by atoms with Gasteiger partial charge < -0.3 is 14.8 Å². The number of nitrogens with one attached hydrogen (secondary N) is 1. The number of anilines is 1. The molecule has 0 aliphatic heterocycles. The van der Waals surface area contributed by atoms with Gasteiger partial charge in [-0.15, -0.1) is 0 Å². The summed E-state index contributed by atoms with van der Waals surface area (Å²) in [5.41, 5.74) is 2.99. The smallest absolute Gasteiger partial charge is 0.132 e. The lowest BCUT2D eigenvalue weighted by Crippen LogP contribution is -2.03. The van der Waals surface area contributed by atoms with Crippen molar-refractivity contribution in [2.75, 3.05) is 26.6 Å². The predicted molar refractivity (Wildman–Crippen MR) is 84.1 cm³/mol. The standard InChI is InChI=1S/C16H21N3O2/c1-5-6-14-15(18-10-19-16(14)17-2)11-7-12(20-3)9-13(8-11)21-4/h7-10H,5-6H2,1-4H3,(H,17,18,19). The van der Waals surface area contributed by atoms with Gasteiger partial charge in [0.15, 0.2) is 0 Å². The van der Waals surface area contributed by atoms with Crippen LogP contribution in [0.2, 0.25) is 0 Å². The summed E-state index contributed by atoms with van der Waals surface area (Å²) in [7, 11) is 5.16. The number of benzene rings is 1. The number of aromatic nitrogens is 2. The van der Waals surface area contributed by atoms with E-state index in [0.29, 0.717) is 0 Å². The fourth-order valence-electron chi connectivity index (χ4n) is 2.31. The molecule has 0 aliphatic rings. The number of nitrogens with zero attached hydrogens (tertiary/aromatic N) is 2. The van der Waals surface area contributed by atoms with Crippen LogP contribution in [0.4, 0.5) is 5.82 Å². The molecule has 1 aromatic heterocycles. The molecule has 0 saturated carbocycles. The van der Waals surface area contributed by atoms with Crippen LogP contribution in [-0.2, 0) is 6.42 Å². The summed E-state index contributed by atoms with van der Waals surface area (Å²) in [5.74, 6) is 2.36. The highest BCUT2D eigenvalue weighted by Gasteiger charge is 2.13. The number of methoxy groups -OCH3 is 2. The lowest BCUT2D eigenvalue weighted by atomic mass is 10.0. The van der Waals surface area contributed by atoms with Crippen LogP contribution >= 0.6 is 0 Å². The summed E-state index contributed by atoms with van der Waals surface area (Å²) in [6.45, 7) is 2.14. The minimum absolute atomic E-state index is 0.747. The molecule has 1 N–H and O–H groups in total. The normalized spacial score (nSPS) is 10.3. The van der Waals surface area contributed by atoms with Gasteiger partial charge >= 0.3 is 0 Å². The second kappa shape index (κ2) is 6.92. The summed E-state index contributed by atoms with van der Waals surface area (Å²) < 4.78 is 10.7. The van der Waals surface area contributed by atoms with E-state index >= 15 is 0 Å². The van der Waals surface area contributed by atoms with Crippen LogP contribution in [0.1, 0.15) is 18.9 Å². The van der Waals surface area contributed by atoms with E-state index < -0.39 is 0 Å². The highest BCUT2D eigenvalue weighted by molar-refractivity contribution is 5.70. The van der Waals surface area contributed by atoms with E-state index in [1.807, 2.05) is 25.2 Å². The van der Waals surface area contributed by atoms with Gasteiger partial charge in [0, 0.05) is 24.2 Å². The summed E-state index contributed by atoms with van der Waals surface area (Å²) >= 11 is 0. The summed E-state index contributed by atoms with van der Waals surface area (Å²) in [4.78, 5) is 8.77. The molecule has 0 saturated heterocycles. The Morgan fingerprint density at radius 1 is 1.05 bits per heavy atom. The zero-order valence-electron chi connectivity index (χ0n) is 12.9. The number of ether oxygens (including phenoxy) is 2. The van der Waals surface area contributed by atoms with Gasteiger partial charge in [-0.05, 0) is 18.6 Å². The van der Waals surface area contributed by atoms with Gasteiger partial charge in [0.1, 0.15) is 23.6 Å². The van der Waals surface area contributed by atoms with Crippen LogP contribution in [-0.4, -0.2) is 31.2 Å². The molecular formula is C16H21N3O2. The Morgan fingerprint density at radius 3 is 2.24 bits per heavy atom. The number of hydrogen-bond acceptors (Lipinski definition) is 5. The van der Waals surface area contributed by atoms with Crippen molar-refractivity contribution >= 4 is 5.82 Å². The molecule has 0 bridgehead atoms. The third-order valence-electron chi connectivity index (χ3n) is 3.31. The number of hydrogen-bond donors (Lipinski definition) is 1. The van der Waals surface area contributed by atoms with Crippen LogP contribution in [0, 0.1) is 0 Å². The van der Waals surface area contributed by atoms with Crippen molar-refractivity contribution in [1.29, 1.82) is 0 Å². The third kappa shape index (κ3) is 3.24. The molecule has 2 aromatic rings. The molecule has 0 amide bonds. The van der Waals surface area contributed by atoms with Crippen molar-refractivity contribution in [3.63, 3.8) is 0 Å². The molecule has 112 valence electrons. The van der Waals surface area contributed by atoms with Gasteiger partial charge in [0.05, 0.1) is 19.9 Å². The van der Waals surface area contributed by atoms with Crippen molar-refractivity contribution in [1.82, 2.24) is 9.97 Å². The van der Waals surface area contributed by atoms with Crippen molar-refractivity contribution in [2.24, 2.45) is 0 Å². The second-order valence-corrected chi connectivity index (χ2v) is 4.65. The van der Waals surface area contributed by atoms with Gasteiger partial charge in [-0.3, -0.25) is 0 Å². The van der Waals surface area contributed by atoms with Crippen molar-refractivity contribution in [3.05, 3.63) is 30.1 Å². The lowest BCUT2D eigenvalue weighted by molar-refractivity contribution is 0.394. The molecule has 0 radical (unpaired) electrons. The van der Waals surface area contributed by atoms with E-state index in [0.717, 1.165) is 47.0 Å². The maximum Gasteiger partial charge on any atom is 0.132 e. The van der Waals surface area contributed by atoms with E-state index in [2.05, 4.69) is 22.2 Å².